The summed E-state index contributed by atoms with van der Waals surface area (Å²) in [4.78, 5) is 11.6. The van der Waals surface area contributed by atoms with Crippen LogP contribution in [0.5, 0.6) is 5.75 Å². The van der Waals surface area contributed by atoms with E-state index in [2.05, 4.69) is 0 Å². The minimum Gasteiger partial charge on any atom is -0.494 e. The van der Waals surface area contributed by atoms with Gasteiger partial charge >= 0.3 is 6.18 Å². The van der Waals surface area contributed by atoms with Crippen LogP contribution in [0.3, 0.4) is 0 Å². The zero-order valence-corrected chi connectivity index (χ0v) is 19.1. The lowest BCUT2D eigenvalue weighted by Crippen LogP contribution is -2.41. The summed E-state index contributed by atoms with van der Waals surface area (Å²) in [5.41, 5.74) is -1.02. The van der Waals surface area contributed by atoms with Crippen molar-refractivity contribution in [1.29, 1.82) is 0 Å². The number of carbonyl (C=O) groups is 1. The number of rotatable bonds is 10. The van der Waals surface area contributed by atoms with Crippen molar-refractivity contribution < 1.29 is 40.2 Å². The van der Waals surface area contributed by atoms with Crippen LogP contribution in [0, 0.1) is 5.82 Å². The Morgan fingerprint density at radius 2 is 1.74 bits per heavy atom. The topological polar surface area (TPSA) is 72.9 Å². The second kappa shape index (κ2) is 11.3. The van der Waals surface area contributed by atoms with Gasteiger partial charge in [-0.1, -0.05) is 6.07 Å². The molecule has 0 saturated carbocycles. The second-order valence-corrected chi connectivity index (χ2v) is 9.82. The minimum absolute atomic E-state index is 0.0863. The van der Waals surface area contributed by atoms with Crippen LogP contribution in [0.4, 0.5) is 17.6 Å². The summed E-state index contributed by atoms with van der Waals surface area (Å²) in [5, 5.41) is 0. The molecule has 3 rings (SSSR count). The smallest absolute Gasteiger partial charge is 0.416 e. The minimum atomic E-state index is -4.63. The molecular weight excluding hydrogens is 478 g/mol. The molecule has 0 radical (unpaired) electrons. The molecule has 0 N–H and O–H groups in total. The number of benzene rings is 2. The van der Waals surface area contributed by atoms with E-state index in [4.69, 9.17) is 9.47 Å². The molecule has 0 aliphatic carbocycles. The summed E-state index contributed by atoms with van der Waals surface area (Å²) < 4.78 is 89.2. The van der Waals surface area contributed by atoms with Gasteiger partial charge in [-0.25, -0.2) is 12.8 Å². The first-order valence-corrected chi connectivity index (χ1v) is 12.2. The first-order chi connectivity index (χ1) is 16.1. The van der Waals surface area contributed by atoms with Gasteiger partial charge in [0.2, 0.25) is 10.0 Å². The molecule has 1 heterocycles. The first-order valence-electron chi connectivity index (χ1n) is 10.7. The molecule has 2 aromatic carbocycles. The molecule has 0 unspecified atom stereocenters. The molecule has 34 heavy (non-hydrogen) atoms. The number of carbonyl (C=O) groups excluding carboxylic acids is 1. The molecule has 2 aromatic rings. The lowest BCUT2D eigenvalue weighted by Gasteiger charge is -2.31. The molecule has 0 spiro atoms. The van der Waals surface area contributed by atoms with Gasteiger partial charge in [0.1, 0.15) is 18.2 Å². The van der Waals surface area contributed by atoms with E-state index in [9.17, 15) is 30.8 Å². The fourth-order valence-corrected chi connectivity index (χ4v) is 5.01. The van der Waals surface area contributed by atoms with Crippen LogP contribution in [-0.4, -0.2) is 50.9 Å². The number of nitrogens with zero attached hydrogens (tertiary/aromatic N) is 1. The van der Waals surface area contributed by atoms with E-state index in [0.717, 1.165) is 22.5 Å². The lowest BCUT2D eigenvalue weighted by atomic mass is 10.1. The number of alkyl halides is 3. The SMILES string of the molecule is O=C(CCCOc1ccc(F)cc1)COC1CCN(S(=O)(=O)c2cccc(C(F)(F)F)c2)CC1. The molecule has 0 aromatic heterocycles. The van der Waals surface area contributed by atoms with E-state index < -0.39 is 26.7 Å². The molecule has 0 amide bonds. The van der Waals surface area contributed by atoms with Crippen molar-refractivity contribution in [3.05, 3.63) is 59.9 Å². The summed E-state index contributed by atoms with van der Waals surface area (Å²) in [5.74, 6) is 0.0254. The van der Waals surface area contributed by atoms with Crippen LogP contribution in [-0.2, 0) is 25.7 Å². The number of ether oxygens (including phenoxy) is 2. The highest BCUT2D eigenvalue weighted by Gasteiger charge is 2.34. The highest BCUT2D eigenvalue weighted by molar-refractivity contribution is 7.89. The van der Waals surface area contributed by atoms with Crippen LogP contribution in [0.2, 0.25) is 0 Å². The van der Waals surface area contributed by atoms with Crippen molar-refractivity contribution in [2.75, 3.05) is 26.3 Å². The molecule has 11 heteroatoms. The Morgan fingerprint density at radius 3 is 2.38 bits per heavy atom. The zero-order valence-electron chi connectivity index (χ0n) is 18.3. The summed E-state index contributed by atoms with van der Waals surface area (Å²) in [6, 6.07) is 9.24. The van der Waals surface area contributed by atoms with Crippen LogP contribution in [0.15, 0.2) is 53.4 Å². The maximum absolute atomic E-state index is 12.9. The fourth-order valence-electron chi connectivity index (χ4n) is 3.49. The largest absolute Gasteiger partial charge is 0.494 e. The van der Waals surface area contributed by atoms with Gasteiger partial charge in [0.25, 0.3) is 0 Å². The number of sulfonamides is 1. The number of Topliss-reactive ketones (excluding diaryl/α,β-unsaturated/α-hetero) is 1. The molecule has 0 bridgehead atoms. The summed E-state index contributed by atoms with van der Waals surface area (Å²) in [7, 11) is -4.06. The average Bonchev–Trinajstić information content (AvgIpc) is 2.81. The van der Waals surface area contributed by atoms with Gasteiger partial charge in [-0.15, -0.1) is 0 Å². The number of hydrogen-bond acceptors (Lipinski definition) is 5. The molecule has 6 nitrogen and oxygen atoms in total. The third-order valence-electron chi connectivity index (χ3n) is 5.36. The van der Waals surface area contributed by atoms with Gasteiger partial charge in [0, 0.05) is 19.5 Å². The normalized spacial score (nSPS) is 15.9. The van der Waals surface area contributed by atoms with Gasteiger partial charge in [0.05, 0.1) is 23.2 Å². The molecule has 1 fully saturated rings. The van der Waals surface area contributed by atoms with Gasteiger partial charge in [-0.2, -0.15) is 17.5 Å². The molecule has 1 aliphatic rings. The Morgan fingerprint density at radius 1 is 1.06 bits per heavy atom. The Kier molecular flexibility index (Phi) is 8.67. The average molecular weight is 504 g/mol. The quantitative estimate of drug-likeness (QED) is 0.354. The maximum Gasteiger partial charge on any atom is 0.416 e. The van der Waals surface area contributed by atoms with E-state index in [0.29, 0.717) is 37.7 Å². The third kappa shape index (κ3) is 7.25. The van der Waals surface area contributed by atoms with E-state index in [-0.39, 0.29) is 43.8 Å². The second-order valence-electron chi connectivity index (χ2n) is 7.88. The van der Waals surface area contributed by atoms with Gasteiger partial charge in [0.15, 0.2) is 5.78 Å². The van der Waals surface area contributed by atoms with Crippen molar-refractivity contribution in [1.82, 2.24) is 4.31 Å². The summed E-state index contributed by atoms with van der Waals surface area (Å²) >= 11 is 0. The highest BCUT2D eigenvalue weighted by atomic mass is 32.2. The van der Waals surface area contributed by atoms with Gasteiger partial charge in [-0.05, 0) is 61.7 Å². The van der Waals surface area contributed by atoms with Crippen LogP contribution in [0.25, 0.3) is 0 Å². The van der Waals surface area contributed by atoms with E-state index in [1.807, 2.05) is 0 Å². The number of ketones is 1. The van der Waals surface area contributed by atoms with Crippen molar-refractivity contribution in [2.24, 2.45) is 0 Å². The number of hydrogen-bond donors (Lipinski definition) is 0. The van der Waals surface area contributed by atoms with E-state index in [1.165, 1.54) is 24.3 Å². The molecule has 1 aliphatic heterocycles. The van der Waals surface area contributed by atoms with Crippen LogP contribution in [0.1, 0.15) is 31.2 Å². The predicted octanol–water partition coefficient (Wildman–Crippen LogP) is 4.44. The van der Waals surface area contributed by atoms with Crippen molar-refractivity contribution in [3.8, 4) is 5.75 Å². The summed E-state index contributed by atoms with van der Waals surface area (Å²) in [6.45, 7) is 0.358. The van der Waals surface area contributed by atoms with Gasteiger partial charge in [-0.3, -0.25) is 4.79 Å². The highest BCUT2D eigenvalue weighted by Crippen LogP contribution is 2.31. The Bertz CT molecular complexity index is 1070. The standard InChI is InChI=1S/C23H25F4NO5S/c24-18-6-8-20(9-7-18)32-14-2-4-19(29)16-33-21-10-12-28(13-11-21)34(30,31)22-5-1-3-17(15-22)23(25,26)27/h1,3,5-9,15,21H,2,4,10-14,16H2. The molecule has 186 valence electrons. The van der Waals surface area contributed by atoms with Crippen molar-refractivity contribution >= 4 is 15.8 Å². The van der Waals surface area contributed by atoms with E-state index in [1.54, 1.807) is 0 Å². The van der Waals surface area contributed by atoms with Crippen LogP contribution < -0.4 is 4.74 Å². The number of piperidine rings is 1. The van der Waals surface area contributed by atoms with Crippen molar-refractivity contribution in [2.45, 2.75) is 42.9 Å². The summed E-state index contributed by atoms with van der Waals surface area (Å²) in [6.07, 6.45) is -3.58. The molecule has 1 saturated heterocycles. The Balaban J connectivity index is 1.39. The lowest BCUT2D eigenvalue weighted by molar-refractivity contribution is -0.137. The Hall–Kier alpha value is -2.50. The first kappa shape index (κ1) is 26.1. The Labute approximate surface area is 195 Å². The van der Waals surface area contributed by atoms with Crippen LogP contribution >= 0.6 is 0 Å². The monoisotopic (exact) mass is 503 g/mol. The van der Waals surface area contributed by atoms with E-state index >= 15 is 0 Å². The number of halogens is 4. The predicted molar refractivity (Wildman–Crippen MR) is 115 cm³/mol. The maximum atomic E-state index is 12.9. The third-order valence-corrected chi connectivity index (χ3v) is 7.26. The van der Waals surface area contributed by atoms with Crippen molar-refractivity contribution in [3.63, 3.8) is 0 Å². The van der Waals surface area contributed by atoms with Gasteiger partial charge < -0.3 is 9.47 Å². The zero-order chi connectivity index (χ0) is 24.8. The fraction of sp³-hybridized carbons (Fsp3) is 0.435. The molecular formula is C23H25F4NO5S. The molecule has 0 atom stereocenters.